The van der Waals surface area contributed by atoms with E-state index in [2.05, 4.69) is 15.6 Å². The Morgan fingerprint density at radius 2 is 1.97 bits per heavy atom. The van der Waals surface area contributed by atoms with Gasteiger partial charge in [-0.05, 0) is 57.2 Å². The molecule has 4 rings (SSSR count). The van der Waals surface area contributed by atoms with Gasteiger partial charge in [0.15, 0.2) is 0 Å². The largest absolute Gasteiger partial charge is 0.416 e. The third kappa shape index (κ3) is 6.20. The predicted octanol–water partition coefficient (Wildman–Crippen LogP) is 3.22. The van der Waals surface area contributed by atoms with E-state index in [0.29, 0.717) is 25.9 Å². The second-order valence-electron chi connectivity index (χ2n) is 9.34. The molecular formula is C24H29F3N4O3S. The molecule has 0 radical (unpaired) electrons. The van der Waals surface area contributed by atoms with Crippen LogP contribution in [0.1, 0.15) is 57.9 Å². The number of aryl methyl sites for hydroxylation is 1. The van der Waals surface area contributed by atoms with Crippen molar-refractivity contribution in [2.24, 2.45) is 0 Å². The number of nitrogens with one attached hydrogen (secondary N) is 2. The number of nitrogens with zero attached hydrogens (tertiary/aromatic N) is 2. The van der Waals surface area contributed by atoms with Gasteiger partial charge in [0.2, 0.25) is 5.91 Å². The highest BCUT2D eigenvalue weighted by atomic mass is 32.1. The number of aliphatic hydroxyl groups is 1. The number of likely N-dealkylation sites (tertiary alicyclic amines) is 1. The van der Waals surface area contributed by atoms with Crippen LogP contribution in [0.2, 0.25) is 0 Å². The van der Waals surface area contributed by atoms with Crippen LogP contribution in [-0.4, -0.2) is 58.5 Å². The molecule has 35 heavy (non-hydrogen) atoms. The fraction of sp³-hybridized carbons (Fsp3) is 0.542. The molecule has 1 aliphatic carbocycles. The Kier molecular flexibility index (Phi) is 7.48. The topological polar surface area (TPSA) is 94.6 Å². The van der Waals surface area contributed by atoms with Crippen LogP contribution < -0.4 is 10.6 Å². The second-order valence-corrected chi connectivity index (χ2v) is 10.6. The van der Waals surface area contributed by atoms with Crippen molar-refractivity contribution in [3.8, 4) is 0 Å². The van der Waals surface area contributed by atoms with Crippen molar-refractivity contribution in [1.82, 2.24) is 20.5 Å². The molecule has 1 aromatic carbocycles. The number of amides is 2. The molecule has 0 bridgehead atoms. The van der Waals surface area contributed by atoms with Crippen LogP contribution >= 0.6 is 11.3 Å². The molecule has 1 aliphatic heterocycles. The van der Waals surface area contributed by atoms with Gasteiger partial charge >= 0.3 is 6.18 Å². The quantitative estimate of drug-likeness (QED) is 0.555. The van der Waals surface area contributed by atoms with E-state index in [1.807, 2.05) is 6.92 Å². The zero-order valence-electron chi connectivity index (χ0n) is 19.4. The zero-order chi connectivity index (χ0) is 25.2. The maximum absolute atomic E-state index is 12.9. The van der Waals surface area contributed by atoms with Crippen molar-refractivity contribution in [1.29, 1.82) is 0 Å². The van der Waals surface area contributed by atoms with Crippen molar-refractivity contribution >= 4 is 23.2 Å². The highest BCUT2D eigenvalue weighted by Crippen LogP contribution is 2.39. The van der Waals surface area contributed by atoms with Gasteiger partial charge in [-0.15, -0.1) is 11.3 Å². The molecule has 0 spiro atoms. The summed E-state index contributed by atoms with van der Waals surface area (Å²) in [7, 11) is 0. The lowest BCUT2D eigenvalue weighted by Gasteiger charge is -2.36. The van der Waals surface area contributed by atoms with E-state index in [9.17, 15) is 27.9 Å². The van der Waals surface area contributed by atoms with E-state index in [1.165, 1.54) is 23.5 Å². The molecule has 2 aliphatic rings. The second kappa shape index (κ2) is 10.2. The van der Waals surface area contributed by atoms with Gasteiger partial charge in [-0.3, -0.25) is 9.59 Å². The summed E-state index contributed by atoms with van der Waals surface area (Å²) in [5, 5.41) is 17.8. The molecule has 1 aromatic heterocycles. The van der Waals surface area contributed by atoms with E-state index < -0.39 is 23.2 Å². The third-order valence-corrected chi connectivity index (χ3v) is 7.80. The smallest absolute Gasteiger partial charge is 0.383 e. The highest BCUT2D eigenvalue weighted by molar-refractivity contribution is 7.11. The van der Waals surface area contributed by atoms with Gasteiger partial charge in [-0.2, -0.15) is 13.2 Å². The van der Waals surface area contributed by atoms with E-state index >= 15 is 0 Å². The average Bonchev–Trinajstić information content (AvgIpc) is 3.48. The number of alkyl halides is 3. The van der Waals surface area contributed by atoms with Crippen molar-refractivity contribution in [3.05, 3.63) is 51.5 Å². The van der Waals surface area contributed by atoms with E-state index in [4.69, 9.17) is 0 Å². The lowest BCUT2D eigenvalue weighted by atomic mass is 9.82. The fourth-order valence-electron chi connectivity index (χ4n) is 4.71. The number of halogens is 3. The Hall–Kier alpha value is -2.50. The van der Waals surface area contributed by atoms with Crippen molar-refractivity contribution in [2.45, 2.75) is 62.9 Å². The van der Waals surface area contributed by atoms with Crippen LogP contribution in [0.15, 0.2) is 30.5 Å². The molecule has 1 saturated carbocycles. The molecule has 2 heterocycles. The average molecular weight is 511 g/mol. The molecule has 190 valence electrons. The fourth-order valence-corrected chi connectivity index (χ4v) is 5.62. The summed E-state index contributed by atoms with van der Waals surface area (Å²) < 4.78 is 38.6. The summed E-state index contributed by atoms with van der Waals surface area (Å²) >= 11 is 1.53. The number of hydrogen-bond donors (Lipinski definition) is 3. The monoisotopic (exact) mass is 510 g/mol. The Balaban J connectivity index is 1.21. The maximum Gasteiger partial charge on any atom is 0.416 e. The summed E-state index contributed by atoms with van der Waals surface area (Å²) in [5.41, 5.74) is -1.92. The van der Waals surface area contributed by atoms with Gasteiger partial charge in [0.05, 0.1) is 12.1 Å². The van der Waals surface area contributed by atoms with E-state index in [1.54, 1.807) is 11.1 Å². The number of aromatic nitrogens is 1. The lowest BCUT2D eigenvalue weighted by Crippen LogP contribution is -2.46. The number of rotatable bonds is 6. The Morgan fingerprint density at radius 1 is 1.23 bits per heavy atom. The van der Waals surface area contributed by atoms with E-state index in [-0.39, 0.29) is 30.1 Å². The normalized spacial score (nSPS) is 25.0. The molecule has 3 N–H and O–H groups in total. The molecule has 11 heteroatoms. The third-order valence-electron chi connectivity index (χ3n) is 6.70. The maximum atomic E-state index is 12.9. The SMILES string of the molecule is Cc1cnc(C2(O)CCC(NC3CCN(C(=O)CNC(=O)c4cccc(C(F)(F)F)c4)C3)CC2)s1. The number of carbonyl (C=O) groups excluding carboxylic acids is 2. The Bertz CT molecular complexity index is 1070. The Morgan fingerprint density at radius 3 is 2.63 bits per heavy atom. The minimum Gasteiger partial charge on any atom is -0.383 e. The highest BCUT2D eigenvalue weighted by Gasteiger charge is 2.38. The van der Waals surface area contributed by atoms with Crippen LogP contribution in [0, 0.1) is 6.92 Å². The van der Waals surface area contributed by atoms with Gasteiger partial charge in [0, 0.05) is 41.8 Å². The molecule has 1 atom stereocenters. The molecule has 2 aromatic rings. The number of carbonyl (C=O) groups is 2. The summed E-state index contributed by atoms with van der Waals surface area (Å²) in [5.74, 6) is -0.991. The van der Waals surface area contributed by atoms with Gasteiger partial charge < -0.3 is 20.6 Å². The number of thiazole rings is 1. The molecule has 1 unspecified atom stereocenters. The summed E-state index contributed by atoms with van der Waals surface area (Å²) in [6.07, 6.45) is 0.914. The minimum absolute atomic E-state index is 0.122. The summed E-state index contributed by atoms with van der Waals surface area (Å²) in [4.78, 5) is 31.9. The van der Waals surface area contributed by atoms with Crippen LogP contribution in [0.4, 0.5) is 13.2 Å². The van der Waals surface area contributed by atoms with Gasteiger partial charge in [-0.1, -0.05) is 6.07 Å². The van der Waals surface area contributed by atoms with Crippen molar-refractivity contribution in [3.63, 3.8) is 0 Å². The van der Waals surface area contributed by atoms with Gasteiger partial charge in [0.1, 0.15) is 10.6 Å². The van der Waals surface area contributed by atoms with Crippen LogP contribution in [-0.2, 0) is 16.6 Å². The van der Waals surface area contributed by atoms with Crippen LogP contribution in [0.25, 0.3) is 0 Å². The number of benzene rings is 1. The minimum atomic E-state index is -4.54. The molecule has 2 amide bonds. The zero-order valence-corrected chi connectivity index (χ0v) is 20.2. The number of hydrogen-bond acceptors (Lipinski definition) is 6. The Labute approximate surface area is 205 Å². The summed E-state index contributed by atoms with van der Waals surface area (Å²) in [6.45, 7) is 2.75. The predicted molar refractivity (Wildman–Crippen MR) is 125 cm³/mol. The first-order valence-corrected chi connectivity index (χ1v) is 12.5. The van der Waals surface area contributed by atoms with Crippen LogP contribution in [0.3, 0.4) is 0 Å². The molecule has 7 nitrogen and oxygen atoms in total. The van der Waals surface area contributed by atoms with Gasteiger partial charge in [0.25, 0.3) is 5.91 Å². The summed E-state index contributed by atoms with van der Waals surface area (Å²) in [6, 6.07) is 4.49. The van der Waals surface area contributed by atoms with Crippen molar-refractivity contribution in [2.75, 3.05) is 19.6 Å². The first-order valence-electron chi connectivity index (χ1n) is 11.7. The molecule has 2 fully saturated rings. The molecular weight excluding hydrogens is 481 g/mol. The molecule has 1 saturated heterocycles. The standard InChI is InChI=1S/C24H29F3N4O3S/c1-15-12-29-22(35-15)23(34)8-5-18(6-9-23)30-19-7-10-31(14-19)20(32)13-28-21(33)16-3-2-4-17(11-16)24(25,26)27/h2-4,11-12,18-19,30,34H,5-10,13-14H2,1H3,(H,28,33). The van der Waals surface area contributed by atoms with E-state index in [0.717, 1.165) is 41.3 Å². The lowest BCUT2D eigenvalue weighted by molar-refractivity contribution is -0.137. The van der Waals surface area contributed by atoms with Gasteiger partial charge in [-0.25, -0.2) is 4.98 Å². The van der Waals surface area contributed by atoms with Crippen LogP contribution in [0.5, 0.6) is 0 Å². The van der Waals surface area contributed by atoms with Crippen molar-refractivity contribution < 1.29 is 27.9 Å². The first kappa shape index (κ1) is 25.6. The first-order chi connectivity index (χ1) is 16.5.